The van der Waals surface area contributed by atoms with Crippen molar-refractivity contribution in [2.24, 2.45) is 0 Å². The Morgan fingerprint density at radius 2 is 1.93 bits per heavy atom. The number of fused-ring (bicyclic) bond motifs is 1. The van der Waals surface area contributed by atoms with Gasteiger partial charge in [-0.15, -0.1) is 0 Å². The average Bonchev–Trinajstić information content (AvgIpc) is 3.20. The molecule has 0 aliphatic carbocycles. The molecule has 0 fully saturated rings. The van der Waals surface area contributed by atoms with Gasteiger partial charge in [0.25, 0.3) is 11.5 Å². The first kappa shape index (κ1) is 19.4. The van der Waals surface area contributed by atoms with E-state index >= 15 is 0 Å². The summed E-state index contributed by atoms with van der Waals surface area (Å²) < 4.78 is 6.90. The molecule has 2 aromatic heterocycles. The fraction of sp³-hybridized carbons (Fsp3) is 0.174. The molecule has 2 N–H and O–H groups in total. The normalized spacial score (nSPS) is 10.8. The second-order valence-corrected chi connectivity index (χ2v) is 6.79. The van der Waals surface area contributed by atoms with Gasteiger partial charge >= 0.3 is 0 Å². The molecule has 1 amide bonds. The number of benzene rings is 2. The van der Waals surface area contributed by atoms with Crippen LogP contribution in [0.25, 0.3) is 22.2 Å². The Balaban J connectivity index is 1.38. The van der Waals surface area contributed by atoms with E-state index in [0.29, 0.717) is 31.1 Å². The molecule has 7 heteroatoms. The lowest BCUT2D eigenvalue weighted by Crippen LogP contribution is -2.31. The van der Waals surface area contributed by atoms with Gasteiger partial charge in [-0.25, -0.2) is 4.98 Å². The smallest absolute Gasteiger partial charge is 0.267 e. The highest BCUT2D eigenvalue weighted by molar-refractivity contribution is 5.97. The number of hydrogen-bond donors (Lipinski definition) is 2. The zero-order valence-corrected chi connectivity index (χ0v) is 16.6. The molecule has 0 bridgehead atoms. The summed E-state index contributed by atoms with van der Waals surface area (Å²) in [7, 11) is 0. The number of carbonyl (C=O) groups is 1. The number of hydrogen-bond acceptors (Lipinski definition) is 4. The van der Waals surface area contributed by atoms with Crippen molar-refractivity contribution in [2.45, 2.75) is 13.5 Å². The number of aromatic nitrogens is 3. The fourth-order valence-electron chi connectivity index (χ4n) is 3.22. The van der Waals surface area contributed by atoms with Crippen LogP contribution in [0.3, 0.4) is 0 Å². The molecular formula is C23H22N4O3. The van der Waals surface area contributed by atoms with Crippen molar-refractivity contribution in [3.63, 3.8) is 0 Å². The largest absolute Gasteiger partial charge is 0.494 e. The summed E-state index contributed by atoms with van der Waals surface area (Å²) in [4.78, 5) is 32.2. The van der Waals surface area contributed by atoms with Crippen LogP contribution >= 0.6 is 0 Å². The minimum Gasteiger partial charge on any atom is -0.494 e. The predicted molar refractivity (Wildman–Crippen MR) is 116 cm³/mol. The van der Waals surface area contributed by atoms with Crippen molar-refractivity contribution in [1.82, 2.24) is 19.9 Å². The van der Waals surface area contributed by atoms with Gasteiger partial charge in [0.05, 0.1) is 18.6 Å². The lowest BCUT2D eigenvalue weighted by Gasteiger charge is -2.08. The first-order chi connectivity index (χ1) is 14.6. The van der Waals surface area contributed by atoms with Crippen molar-refractivity contribution in [3.05, 3.63) is 83.0 Å². The zero-order valence-electron chi connectivity index (χ0n) is 16.6. The maximum Gasteiger partial charge on any atom is 0.267 e. The number of amides is 1. The summed E-state index contributed by atoms with van der Waals surface area (Å²) >= 11 is 0. The Morgan fingerprint density at radius 1 is 1.13 bits per heavy atom. The number of carbonyl (C=O) groups excluding carboxylic acids is 1. The molecule has 2 heterocycles. The van der Waals surface area contributed by atoms with Crippen LogP contribution in [0.1, 0.15) is 17.4 Å². The molecule has 0 spiro atoms. The van der Waals surface area contributed by atoms with E-state index < -0.39 is 0 Å². The molecule has 4 rings (SSSR count). The molecule has 0 saturated heterocycles. The van der Waals surface area contributed by atoms with E-state index in [1.54, 1.807) is 0 Å². The van der Waals surface area contributed by atoms with Gasteiger partial charge in [0, 0.05) is 35.6 Å². The molecule has 7 nitrogen and oxygen atoms in total. The zero-order chi connectivity index (χ0) is 20.9. The van der Waals surface area contributed by atoms with Crippen molar-refractivity contribution < 1.29 is 9.53 Å². The van der Waals surface area contributed by atoms with E-state index in [-0.39, 0.29) is 11.5 Å². The standard InChI is InChI=1S/C23H22N4O3/c1-2-30-18-9-7-16(8-10-18)20-14-22(28)27(15-25-20)12-11-24-23(29)21-13-17-5-3-4-6-19(17)26-21/h3-10,13-15,26H,2,11-12H2,1H3,(H,24,29). The molecule has 0 saturated carbocycles. The molecule has 4 aromatic rings. The minimum atomic E-state index is -0.210. The third-order valence-corrected chi connectivity index (χ3v) is 4.75. The first-order valence-corrected chi connectivity index (χ1v) is 9.79. The second-order valence-electron chi connectivity index (χ2n) is 6.79. The fourth-order valence-corrected chi connectivity index (χ4v) is 3.22. The first-order valence-electron chi connectivity index (χ1n) is 9.79. The second kappa shape index (κ2) is 8.65. The predicted octanol–water partition coefficient (Wildman–Crippen LogP) is 3.22. The Kier molecular flexibility index (Phi) is 5.61. The third-order valence-electron chi connectivity index (χ3n) is 4.75. The molecule has 152 valence electrons. The van der Waals surface area contributed by atoms with Crippen LogP contribution < -0.4 is 15.6 Å². The van der Waals surface area contributed by atoms with E-state index in [0.717, 1.165) is 22.2 Å². The van der Waals surface area contributed by atoms with Crippen LogP contribution in [0.4, 0.5) is 0 Å². The average molecular weight is 402 g/mol. The van der Waals surface area contributed by atoms with Gasteiger partial charge < -0.3 is 15.0 Å². The third kappa shape index (κ3) is 4.25. The number of para-hydroxylation sites is 1. The van der Waals surface area contributed by atoms with E-state index in [1.807, 2.05) is 61.5 Å². The van der Waals surface area contributed by atoms with Crippen LogP contribution in [0.2, 0.25) is 0 Å². The van der Waals surface area contributed by atoms with Crippen molar-refractivity contribution in [3.8, 4) is 17.0 Å². The highest BCUT2D eigenvalue weighted by Crippen LogP contribution is 2.19. The number of H-pyrrole nitrogens is 1. The van der Waals surface area contributed by atoms with E-state index in [9.17, 15) is 9.59 Å². The van der Waals surface area contributed by atoms with E-state index in [2.05, 4.69) is 15.3 Å². The van der Waals surface area contributed by atoms with Crippen LogP contribution in [0.15, 0.2) is 71.8 Å². The van der Waals surface area contributed by atoms with Gasteiger partial charge in [0.1, 0.15) is 11.4 Å². The Morgan fingerprint density at radius 3 is 2.67 bits per heavy atom. The van der Waals surface area contributed by atoms with Gasteiger partial charge in [0.2, 0.25) is 0 Å². The molecule has 0 unspecified atom stereocenters. The quantitative estimate of drug-likeness (QED) is 0.497. The van der Waals surface area contributed by atoms with Crippen LogP contribution in [0, 0.1) is 0 Å². The summed E-state index contributed by atoms with van der Waals surface area (Å²) in [5, 5.41) is 3.81. The molecular weight excluding hydrogens is 380 g/mol. The van der Waals surface area contributed by atoms with Crippen molar-refractivity contribution >= 4 is 16.8 Å². The molecule has 30 heavy (non-hydrogen) atoms. The van der Waals surface area contributed by atoms with Gasteiger partial charge in [0.15, 0.2) is 0 Å². The Labute approximate surface area is 173 Å². The molecule has 0 aliphatic heterocycles. The highest BCUT2D eigenvalue weighted by Gasteiger charge is 2.09. The molecule has 0 aliphatic rings. The van der Waals surface area contributed by atoms with Crippen LogP contribution in [-0.2, 0) is 6.54 Å². The van der Waals surface area contributed by atoms with Gasteiger partial charge in [-0.1, -0.05) is 18.2 Å². The lowest BCUT2D eigenvalue weighted by molar-refractivity contribution is 0.0948. The summed E-state index contributed by atoms with van der Waals surface area (Å²) in [6.45, 7) is 3.18. The topological polar surface area (TPSA) is 89.0 Å². The maximum absolute atomic E-state index is 12.4. The summed E-state index contributed by atoms with van der Waals surface area (Å²) in [5.41, 5.74) is 2.67. The molecule has 2 aromatic carbocycles. The van der Waals surface area contributed by atoms with Crippen molar-refractivity contribution in [1.29, 1.82) is 0 Å². The van der Waals surface area contributed by atoms with Crippen LogP contribution in [-0.4, -0.2) is 33.6 Å². The van der Waals surface area contributed by atoms with Crippen molar-refractivity contribution in [2.75, 3.05) is 13.2 Å². The molecule has 0 radical (unpaired) electrons. The Bertz CT molecular complexity index is 1190. The lowest BCUT2D eigenvalue weighted by atomic mass is 10.1. The number of nitrogens with zero attached hydrogens (tertiary/aromatic N) is 2. The number of ether oxygens (including phenoxy) is 1. The van der Waals surface area contributed by atoms with E-state index in [1.165, 1.54) is 17.0 Å². The maximum atomic E-state index is 12.4. The summed E-state index contributed by atoms with van der Waals surface area (Å²) in [6.07, 6.45) is 1.50. The number of aromatic amines is 1. The number of rotatable bonds is 7. The number of nitrogens with one attached hydrogen (secondary N) is 2. The van der Waals surface area contributed by atoms with Gasteiger partial charge in [-0.3, -0.25) is 14.2 Å². The summed E-state index contributed by atoms with van der Waals surface area (Å²) in [6, 6.07) is 18.5. The highest BCUT2D eigenvalue weighted by atomic mass is 16.5. The van der Waals surface area contributed by atoms with Gasteiger partial charge in [-0.2, -0.15) is 0 Å². The van der Waals surface area contributed by atoms with Crippen LogP contribution in [0.5, 0.6) is 5.75 Å². The van der Waals surface area contributed by atoms with Gasteiger partial charge in [-0.05, 0) is 43.3 Å². The monoisotopic (exact) mass is 402 g/mol. The minimum absolute atomic E-state index is 0.172. The van der Waals surface area contributed by atoms with E-state index in [4.69, 9.17) is 4.74 Å². The Hall–Kier alpha value is -3.87. The SMILES string of the molecule is CCOc1ccc(-c2cc(=O)n(CCNC(=O)c3cc4ccccc4[nH]3)cn2)cc1. The summed E-state index contributed by atoms with van der Waals surface area (Å²) in [5.74, 6) is 0.568. The molecule has 0 atom stereocenters.